The fraction of sp³-hybridized carbons (Fsp3) is 0.417. The van der Waals surface area contributed by atoms with Crippen molar-refractivity contribution in [1.29, 1.82) is 0 Å². The van der Waals surface area contributed by atoms with Crippen LogP contribution < -0.4 is 4.74 Å². The number of methoxy groups -OCH3 is 1. The molecule has 0 fully saturated rings. The second-order valence-corrected chi connectivity index (χ2v) is 4.00. The molecule has 1 aliphatic rings. The zero-order valence-electron chi connectivity index (χ0n) is 9.15. The van der Waals surface area contributed by atoms with Crippen LogP contribution in [0.2, 0.25) is 0 Å². The molecule has 1 aromatic carbocycles. The Kier molecular flexibility index (Phi) is 3.67. The van der Waals surface area contributed by atoms with Crippen LogP contribution in [-0.2, 0) is 4.84 Å². The van der Waals surface area contributed by atoms with Crippen LogP contribution >= 0.6 is 11.6 Å². The van der Waals surface area contributed by atoms with Gasteiger partial charge in [-0.3, -0.25) is 0 Å². The predicted octanol–water partition coefficient (Wildman–Crippen LogP) is 2.82. The quantitative estimate of drug-likeness (QED) is 0.760. The molecule has 1 aromatic rings. The van der Waals surface area contributed by atoms with Gasteiger partial charge in [0.2, 0.25) is 0 Å². The summed E-state index contributed by atoms with van der Waals surface area (Å²) >= 11 is 5.70. The minimum Gasteiger partial charge on any atom is -0.497 e. The highest BCUT2D eigenvalue weighted by Crippen LogP contribution is 2.19. The molecule has 0 radical (unpaired) electrons. The zero-order valence-corrected chi connectivity index (χ0v) is 9.91. The fourth-order valence-electron chi connectivity index (χ4n) is 1.62. The van der Waals surface area contributed by atoms with Crippen molar-refractivity contribution in [2.45, 2.75) is 18.9 Å². The molecule has 86 valence electrons. The van der Waals surface area contributed by atoms with Gasteiger partial charge in [0.1, 0.15) is 11.9 Å². The van der Waals surface area contributed by atoms with Crippen molar-refractivity contribution >= 4 is 17.3 Å². The van der Waals surface area contributed by atoms with Crippen molar-refractivity contribution in [3.63, 3.8) is 0 Å². The lowest BCUT2D eigenvalue weighted by molar-refractivity contribution is 0.0597. The maximum absolute atomic E-state index is 5.70. The lowest BCUT2D eigenvalue weighted by atomic mass is 10.0. The van der Waals surface area contributed by atoms with Crippen LogP contribution in [0.25, 0.3) is 0 Å². The van der Waals surface area contributed by atoms with Gasteiger partial charge in [-0.15, -0.1) is 11.6 Å². The average Bonchev–Trinajstić information content (AvgIpc) is 2.39. The predicted molar refractivity (Wildman–Crippen MR) is 64.4 cm³/mol. The number of alkyl halides is 1. The van der Waals surface area contributed by atoms with Crippen LogP contribution in [-0.4, -0.2) is 24.8 Å². The Balaban J connectivity index is 2.10. The fourth-order valence-corrected chi connectivity index (χ4v) is 1.83. The number of hydrogen-bond acceptors (Lipinski definition) is 3. The molecule has 1 heterocycles. The third-order valence-corrected chi connectivity index (χ3v) is 2.95. The molecule has 2 rings (SSSR count). The van der Waals surface area contributed by atoms with E-state index in [0.29, 0.717) is 5.88 Å². The van der Waals surface area contributed by atoms with E-state index in [1.807, 2.05) is 24.3 Å². The van der Waals surface area contributed by atoms with Crippen LogP contribution in [0.5, 0.6) is 5.75 Å². The molecule has 0 aliphatic carbocycles. The molecule has 3 nitrogen and oxygen atoms in total. The van der Waals surface area contributed by atoms with E-state index >= 15 is 0 Å². The number of nitrogens with zero attached hydrogens (tertiary/aromatic N) is 1. The summed E-state index contributed by atoms with van der Waals surface area (Å²) in [7, 11) is 1.65. The number of ether oxygens (including phenoxy) is 1. The summed E-state index contributed by atoms with van der Waals surface area (Å²) in [4.78, 5) is 5.28. The number of hydrogen-bond donors (Lipinski definition) is 0. The van der Waals surface area contributed by atoms with Gasteiger partial charge in [-0.05, 0) is 42.7 Å². The van der Waals surface area contributed by atoms with Gasteiger partial charge in [0.15, 0.2) is 0 Å². The summed E-state index contributed by atoms with van der Waals surface area (Å²) in [5.41, 5.74) is 2.05. The summed E-state index contributed by atoms with van der Waals surface area (Å²) in [5, 5.41) is 4.10. The van der Waals surface area contributed by atoms with Crippen molar-refractivity contribution in [1.82, 2.24) is 0 Å². The molecule has 1 unspecified atom stereocenters. The van der Waals surface area contributed by atoms with Crippen molar-refractivity contribution in [2.24, 2.45) is 5.16 Å². The third kappa shape index (κ3) is 2.47. The zero-order chi connectivity index (χ0) is 11.4. The monoisotopic (exact) mass is 239 g/mol. The molecule has 0 amide bonds. The van der Waals surface area contributed by atoms with Crippen molar-refractivity contribution < 1.29 is 9.57 Å². The molecule has 0 spiro atoms. The molecule has 1 atom stereocenters. The first-order valence-corrected chi connectivity index (χ1v) is 5.80. The summed E-state index contributed by atoms with van der Waals surface area (Å²) in [6, 6.07) is 7.82. The number of halogens is 1. The molecule has 0 bridgehead atoms. The summed E-state index contributed by atoms with van der Waals surface area (Å²) in [6.45, 7) is 0. The summed E-state index contributed by atoms with van der Waals surface area (Å²) in [5.74, 6) is 1.35. The van der Waals surface area contributed by atoms with Gasteiger partial charge in [0, 0.05) is 0 Å². The van der Waals surface area contributed by atoms with E-state index in [1.54, 1.807) is 7.11 Å². The standard InChI is InChI=1S/C12H14ClNO2/c1-15-10-4-2-9(3-5-10)12-7-6-11(8-13)16-14-12/h2-5,11H,6-8H2,1H3. The lowest BCUT2D eigenvalue weighted by Gasteiger charge is -2.19. The van der Waals surface area contributed by atoms with Gasteiger partial charge in [-0.25, -0.2) is 0 Å². The molecule has 0 aromatic heterocycles. The van der Waals surface area contributed by atoms with Gasteiger partial charge >= 0.3 is 0 Å². The third-order valence-electron chi connectivity index (χ3n) is 2.61. The van der Waals surface area contributed by atoms with Crippen LogP contribution in [0.3, 0.4) is 0 Å². The Labute approximate surface area is 100.0 Å². The molecule has 4 heteroatoms. The highest BCUT2D eigenvalue weighted by Gasteiger charge is 2.17. The molecular weight excluding hydrogens is 226 g/mol. The molecular formula is C12H14ClNO2. The minimum absolute atomic E-state index is 0.0589. The van der Waals surface area contributed by atoms with E-state index in [1.165, 1.54) is 0 Å². The Bertz CT molecular complexity index is 375. The molecule has 0 N–H and O–H groups in total. The van der Waals surface area contributed by atoms with Gasteiger partial charge in [0.05, 0.1) is 18.7 Å². The van der Waals surface area contributed by atoms with Crippen LogP contribution in [0.15, 0.2) is 29.4 Å². The van der Waals surface area contributed by atoms with Gasteiger partial charge < -0.3 is 9.57 Å². The molecule has 16 heavy (non-hydrogen) atoms. The van der Waals surface area contributed by atoms with E-state index < -0.39 is 0 Å². The minimum atomic E-state index is 0.0589. The number of benzene rings is 1. The second-order valence-electron chi connectivity index (χ2n) is 3.69. The molecule has 0 saturated carbocycles. The average molecular weight is 240 g/mol. The van der Waals surface area contributed by atoms with E-state index in [0.717, 1.165) is 29.9 Å². The molecule has 0 saturated heterocycles. The highest BCUT2D eigenvalue weighted by molar-refractivity contribution is 6.18. The number of oxime groups is 1. The first-order chi connectivity index (χ1) is 7.83. The van der Waals surface area contributed by atoms with Crippen molar-refractivity contribution in [3.05, 3.63) is 29.8 Å². The van der Waals surface area contributed by atoms with Crippen LogP contribution in [0.1, 0.15) is 18.4 Å². The van der Waals surface area contributed by atoms with Gasteiger partial charge in [-0.2, -0.15) is 0 Å². The maximum Gasteiger partial charge on any atom is 0.141 e. The van der Waals surface area contributed by atoms with Crippen LogP contribution in [0.4, 0.5) is 0 Å². The topological polar surface area (TPSA) is 30.8 Å². The lowest BCUT2D eigenvalue weighted by Crippen LogP contribution is -2.20. The van der Waals surface area contributed by atoms with E-state index in [9.17, 15) is 0 Å². The highest BCUT2D eigenvalue weighted by atomic mass is 35.5. The van der Waals surface area contributed by atoms with E-state index in [2.05, 4.69) is 5.16 Å². The molecule has 1 aliphatic heterocycles. The first kappa shape index (κ1) is 11.3. The van der Waals surface area contributed by atoms with Crippen molar-refractivity contribution in [3.8, 4) is 5.75 Å². The van der Waals surface area contributed by atoms with Gasteiger partial charge in [0.25, 0.3) is 0 Å². The Hall–Kier alpha value is -1.22. The van der Waals surface area contributed by atoms with Gasteiger partial charge in [-0.1, -0.05) is 5.16 Å². The summed E-state index contributed by atoms with van der Waals surface area (Å²) < 4.78 is 5.10. The van der Waals surface area contributed by atoms with Crippen molar-refractivity contribution in [2.75, 3.05) is 13.0 Å². The first-order valence-electron chi connectivity index (χ1n) is 5.26. The normalized spacial score (nSPS) is 19.9. The largest absolute Gasteiger partial charge is 0.497 e. The Morgan fingerprint density at radius 1 is 1.44 bits per heavy atom. The van der Waals surface area contributed by atoms with Crippen LogP contribution in [0, 0.1) is 0 Å². The Morgan fingerprint density at radius 3 is 2.69 bits per heavy atom. The van der Waals surface area contributed by atoms with E-state index in [-0.39, 0.29) is 6.10 Å². The maximum atomic E-state index is 5.70. The smallest absolute Gasteiger partial charge is 0.141 e. The Morgan fingerprint density at radius 2 is 2.19 bits per heavy atom. The SMILES string of the molecule is COc1ccc(C2=NOC(CCl)CC2)cc1. The number of rotatable bonds is 3. The second kappa shape index (κ2) is 5.21. The summed E-state index contributed by atoms with van der Waals surface area (Å²) in [6.07, 6.45) is 1.89. The van der Waals surface area contributed by atoms with E-state index in [4.69, 9.17) is 21.2 Å².